The minimum absolute atomic E-state index is 0.0000857. The van der Waals surface area contributed by atoms with Gasteiger partial charge in [0.15, 0.2) is 18.9 Å². The van der Waals surface area contributed by atoms with Crippen LogP contribution in [0.2, 0.25) is 0 Å². The number of ether oxygens (including phenoxy) is 6. The Morgan fingerprint density at radius 1 is 1.17 bits per heavy atom. The molecule has 6 heteroatoms. The maximum Gasteiger partial charge on any atom is 0.187 e. The van der Waals surface area contributed by atoms with Crippen LogP contribution in [0, 0.1) is 11.3 Å². The van der Waals surface area contributed by atoms with Crippen molar-refractivity contribution in [3.63, 3.8) is 0 Å². The van der Waals surface area contributed by atoms with Crippen LogP contribution < -0.4 is 0 Å². The third-order valence-corrected chi connectivity index (χ3v) is 4.71. The highest BCUT2D eigenvalue weighted by atomic mass is 16.8. The summed E-state index contributed by atoms with van der Waals surface area (Å²) in [5, 5.41) is 0. The summed E-state index contributed by atoms with van der Waals surface area (Å²) in [7, 11) is 0. The van der Waals surface area contributed by atoms with Crippen molar-refractivity contribution in [2.75, 3.05) is 19.8 Å². The fraction of sp³-hybridized carbons (Fsp3) is 1.00. The Bertz CT molecular complexity index is 381. The first-order valence-electron chi connectivity index (χ1n) is 6.58. The maximum atomic E-state index is 5.90. The fourth-order valence-electron chi connectivity index (χ4n) is 3.16. The Hall–Kier alpha value is -0.240. The zero-order valence-corrected chi connectivity index (χ0v) is 10.1. The van der Waals surface area contributed by atoms with Gasteiger partial charge in [0.2, 0.25) is 0 Å². The van der Waals surface area contributed by atoms with E-state index in [4.69, 9.17) is 28.4 Å². The topological polar surface area (TPSA) is 65.3 Å². The molecule has 0 radical (unpaired) electrons. The molecule has 5 rings (SSSR count). The molecule has 0 aromatic heterocycles. The van der Waals surface area contributed by atoms with Crippen molar-refractivity contribution in [2.24, 2.45) is 11.3 Å². The lowest BCUT2D eigenvalue weighted by Gasteiger charge is -2.28. The molecule has 0 aromatic rings. The summed E-state index contributed by atoms with van der Waals surface area (Å²) >= 11 is 0. The second-order valence-electron chi connectivity index (χ2n) is 5.91. The number of epoxide rings is 3. The van der Waals surface area contributed by atoms with Crippen LogP contribution in [-0.4, -0.2) is 57.0 Å². The van der Waals surface area contributed by atoms with Gasteiger partial charge in [0.25, 0.3) is 0 Å². The first-order chi connectivity index (χ1) is 8.77. The Morgan fingerprint density at radius 2 is 1.94 bits per heavy atom. The minimum Gasteiger partial charge on any atom is -0.350 e. The highest BCUT2D eigenvalue weighted by Crippen LogP contribution is 2.65. The largest absolute Gasteiger partial charge is 0.350 e. The maximum absolute atomic E-state index is 5.90. The number of fused-ring (bicyclic) bond motifs is 1. The predicted octanol–water partition coefficient (Wildman–Crippen LogP) is -0.139. The smallest absolute Gasteiger partial charge is 0.187 e. The molecular formula is C12H16O6. The van der Waals surface area contributed by atoms with Crippen molar-refractivity contribution in [1.82, 2.24) is 0 Å². The normalized spacial score (nSPS) is 62.8. The number of hydrogen-bond donors (Lipinski definition) is 0. The third-order valence-electron chi connectivity index (χ3n) is 4.71. The van der Waals surface area contributed by atoms with Crippen molar-refractivity contribution in [3.8, 4) is 0 Å². The van der Waals surface area contributed by atoms with E-state index in [1.54, 1.807) is 0 Å². The van der Waals surface area contributed by atoms with E-state index in [1.807, 2.05) is 0 Å². The van der Waals surface area contributed by atoms with Gasteiger partial charge in [-0.3, -0.25) is 0 Å². The van der Waals surface area contributed by atoms with Crippen molar-refractivity contribution in [1.29, 1.82) is 0 Å². The zero-order chi connectivity index (χ0) is 11.9. The highest BCUT2D eigenvalue weighted by molar-refractivity contribution is 5.21. The molecule has 100 valence electrons. The van der Waals surface area contributed by atoms with Crippen LogP contribution in [0.25, 0.3) is 0 Å². The molecule has 0 bridgehead atoms. The molecule has 0 spiro atoms. The SMILES string of the molecule is CC1(C2OC3OC32)C(COC2CO2)C1OC1CO1. The number of rotatable bonds is 6. The van der Waals surface area contributed by atoms with Gasteiger partial charge in [-0.05, 0) is 0 Å². The standard InChI is InChI=1S/C12H16O6/c1-12(10-8-11(17-8)18-10)5(2-13-6-3-14-6)9(12)16-7-4-15-7/h5-11H,2-4H2,1H3. The summed E-state index contributed by atoms with van der Waals surface area (Å²) in [4.78, 5) is 0. The van der Waals surface area contributed by atoms with Crippen LogP contribution in [0.15, 0.2) is 0 Å². The summed E-state index contributed by atoms with van der Waals surface area (Å²) in [6, 6.07) is 0. The molecule has 0 N–H and O–H groups in total. The molecule has 0 aromatic carbocycles. The van der Waals surface area contributed by atoms with Crippen molar-refractivity contribution >= 4 is 0 Å². The van der Waals surface area contributed by atoms with E-state index in [-0.39, 0.29) is 42.6 Å². The average molecular weight is 256 g/mol. The van der Waals surface area contributed by atoms with Gasteiger partial charge in [-0.25, -0.2) is 0 Å². The molecule has 5 aliphatic rings. The molecule has 4 saturated heterocycles. The van der Waals surface area contributed by atoms with Crippen LogP contribution in [0.5, 0.6) is 0 Å². The lowest BCUT2D eigenvalue weighted by atomic mass is 9.92. The highest BCUT2D eigenvalue weighted by Gasteiger charge is 2.77. The van der Waals surface area contributed by atoms with Gasteiger partial charge in [-0.15, -0.1) is 0 Å². The van der Waals surface area contributed by atoms with Crippen LogP contribution in [0.1, 0.15) is 6.92 Å². The molecule has 8 unspecified atom stereocenters. The zero-order valence-electron chi connectivity index (χ0n) is 10.1. The molecule has 4 aliphatic heterocycles. The van der Waals surface area contributed by atoms with Crippen LogP contribution in [-0.2, 0) is 28.4 Å². The quantitative estimate of drug-likeness (QED) is 0.616. The summed E-state index contributed by atoms with van der Waals surface area (Å²) in [5.41, 5.74) is -0.00148. The van der Waals surface area contributed by atoms with Crippen LogP contribution in [0.4, 0.5) is 0 Å². The van der Waals surface area contributed by atoms with Gasteiger partial charge in [0.1, 0.15) is 25.4 Å². The van der Waals surface area contributed by atoms with Crippen LogP contribution >= 0.6 is 0 Å². The predicted molar refractivity (Wildman–Crippen MR) is 55.4 cm³/mol. The van der Waals surface area contributed by atoms with E-state index in [0.717, 1.165) is 0 Å². The van der Waals surface area contributed by atoms with Crippen LogP contribution in [0.3, 0.4) is 0 Å². The fourth-order valence-corrected chi connectivity index (χ4v) is 3.16. The Labute approximate surface area is 104 Å². The monoisotopic (exact) mass is 256 g/mol. The van der Waals surface area contributed by atoms with E-state index < -0.39 is 0 Å². The summed E-state index contributed by atoms with van der Waals surface area (Å²) in [6.45, 7) is 4.29. The van der Waals surface area contributed by atoms with Crippen molar-refractivity contribution in [2.45, 2.75) is 44.1 Å². The first-order valence-corrected chi connectivity index (χ1v) is 6.58. The van der Waals surface area contributed by atoms with E-state index >= 15 is 0 Å². The molecule has 18 heavy (non-hydrogen) atoms. The van der Waals surface area contributed by atoms with Crippen molar-refractivity contribution in [3.05, 3.63) is 0 Å². The lowest BCUT2D eigenvalue weighted by molar-refractivity contribution is -0.101. The summed E-state index contributed by atoms with van der Waals surface area (Å²) in [5.74, 6) is 0.348. The second kappa shape index (κ2) is 3.26. The summed E-state index contributed by atoms with van der Waals surface area (Å²) < 4.78 is 32.8. The summed E-state index contributed by atoms with van der Waals surface area (Å²) in [6.07, 6.45) is 0.619. The molecule has 8 atom stereocenters. The lowest BCUT2D eigenvalue weighted by Crippen LogP contribution is -2.42. The Morgan fingerprint density at radius 3 is 2.50 bits per heavy atom. The van der Waals surface area contributed by atoms with Gasteiger partial charge in [-0.2, -0.15) is 0 Å². The Kier molecular flexibility index (Phi) is 1.91. The third kappa shape index (κ3) is 1.44. The molecule has 0 amide bonds. The van der Waals surface area contributed by atoms with E-state index in [2.05, 4.69) is 6.92 Å². The molecule has 1 saturated carbocycles. The average Bonchev–Trinajstić information content (AvgIpc) is 3.14. The van der Waals surface area contributed by atoms with Gasteiger partial charge < -0.3 is 28.4 Å². The Balaban J connectivity index is 1.27. The van der Waals surface area contributed by atoms with Gasteiger partial charge in [0, 0.05) is 11.3 Å². The molecular weight excluding hydrogens is 240 g/mol. The molecule has 4 heterocycles. The molecule has 5 fully saturated rings. The van der Waals surface area contributed by atoms with E-state index in [0.29, 0.717) is 25.7 Å². The van der Waals surface area contributed by atoms with Gasteiger partial charge in [-0.1, -0.05) is 6.92 Å². The molecule has 1 aliphatic carbocycles. The van der Waals surface area contributed by atoms with Crippen molar-refractivity contribution < 1.29 is 28.4 Å². The van der Waals surface area contributed by atoms with E-state index in [1.165, 1.54) is 0 Å². The molecule has 6 nitrogen and oxygen atoms in total. The van der Waals surface area contributed by atoms with Gasteiger partial charge >= 0.3 is 0 Å². The van der Waals surface area contributed by atoms with E-state index in [9.17, 15) is 0 Å². The van der Waals surface area contributed by atoms with Gasteiger partial charge in [0.05, 0.1) is 12.7 Å². The second-order valence-corrected chi connectivity index (χ2v) is 5.91. The minimum atomic E-state index is -0.0208. The first kappa shape index (κ1) is 10.5. The number of hydrogen-bond acceptors (Lipinski definition) is 6.